The maximum atomic E-state index is 12.6. The zero-order chi connectivity index (χ0) is 20.1. The van der Waals surface area contributed by atoms with Crippen LogP contribution in [-0.2, 0) is 24.6 Å². The Bertz CT molecular complexity index is 1120. The molecule has 0 aliphatic heterocycles. The second-order valence-electron chi connectivity index (χ2n) is 5.71. The predicted molar refractivity (Wildman–Crippen MR) is 109 cm³/mol. The van der Waals surface area contributed by atoms with Crippen LogP contribution in [0.3, 0.4) is 0 Å². The minimum absolute atomic E-state index is 0.0340. The Labute approximate surface area is 168 Å². The molecule has 0 saturated heterocycles. The first-order valence-electron chi connectivity index (χ1n) is 8.07. The van der Waals surface area contributed by atoms with Crippen molar-refractivity contribution in [3.05, 3.63) is 66.9 Å². The molecule has 10 heteroatoms. The van der Waals surface area contributed by atoms with Gasteiger partial charge in [-0.3, -0.25) is 4.79 Å². The van der Waals surface area contributed by atoms with Crippen LogP contribution in [0.2, 0.25) is 0 Å². The van der Waals surface area contributed by atoms with Crippen LogP contribution in [0.1, 0.15) is 0 Å². The Morgan fingerprint density at radius 3 is 2.50 bits per heavy atom. The molecule has 1 aromatic heterocycles. The highest BCUT2D eigenvalue weighted by atomic mass is 33.1. The summed E-state index contributed by atoms with van der Waals surface area (Å²) in [7, 11) is -4.87. The number of hydrogen-bond donors (Lipinski definition) is 2. The van der Waals surface area contributed by atoms with Crippen molar-refractivity contribution in [3.63, 3.8) is 0 Å². The molecule has 0 spiro atoms. The monoisotopic (exact) mass is 436 g/mol. The second-order valence-corrected chi connectivity index (χ2v) is 10.5. The number of nitrogens with zero attached hydrogens (tertiary/aromatic N) is 1. The fraction of sp³-hybridized carbons (Fsp3) is 0.111. The van der Waals surface area contributed by atoms with Crippen molar-refractivity contribution in [1.29, 1.82) is 0 Å². The molecule has 146 valence electrons. The van der Waals surface area contributed by atoms with Crippen molar-refractivity contribution in [2.75, 3.05) is 5.75 Å². The van der Waals surface area contributed by atoms with Crippen molar-refractivity contribution in [2.24, 2.45) is 0 Å². The van der Waals surface area contributed by atoms with E-state index in [-0.39, 0.29) is 15.7 Å². The summed E-state index contributed by atoms with van der Waals surface area (Å²) < 4.78 is 39.6. The summed E-state index contributed by atoms with van der Waals surface area (Å²) in [6.45, 7) is 0. The topological polar surface area (TPSA) is 113 Å². The number of sulfonamides is 1. The van der Waals surface area contributed by atoms with Gasteiger partial charge in [-0.05, 0) is 35.0 Å². The van der Waals surface area contributed by atoms with Gasteiger partial charge < -0.3 is 5.11 Å². The smallest absolute Gasteiger partial charge is 0.322 e. The molecule has 0 saturated carbocycles. The SMILES string of the molecule is O=C(O)[C@H](CSS(=O)c1ccccn1)NS(=O)(=O)c1ccc2ccccc2c1. The summed E-state index contributed by atoms with van der Waals surface area (Å²) in [5, 5.41) is 11.3. The lowest BCUT2D eigenvalue weighted by Gasteiger charge is -2.14. The van der Waals surface area contributed by atoms with E-state index >= 15 is 0 Å². The number of fused-ring (bicyclic) bond motifs is 1. The van der Waals surface area contributed by atoms with Gasteiger partial charge in [-0.2, -0.15) is 4.72 Å². The number of aliphatic carboxylic acids is 1. The van der Waals surface area contributed by atoms with Gasteiger partial charge in [0.2, 0.25) is 10.0 Å². The lowest BCUT2D eigenvalue weighted by atomic mass is 10.1. The van der Waals surface area contributed by atoms with Gasteiger partial charge >= 0.3 is 5.97 Å². The normalized spacial score (nSPS) is 13.9. The van der Waals surface area contributed by atoms with Gasteiger partial charge in [0.25, 0.3) is 0 Å². The van der Waals surface area contributed by atoms with Crippen molar-refractivity contribution in [3.8, 4) is 0 Å². The van der Waals surface area contributed by atoms with E-state index in [9.17, 15) is 22.5 Å². The van der Waals surface area contributed by atoms with E-state index in [0.29, 0.717) is 0 Å². The number of aromatic nitrogens is 1. The van der Waals surface area contributed by atoms with E-state index in [2.05, 4.69) is 9.71 Å². The van der Waals surface area contributed by atoms with E-state index in [4.69, 9.17) is 0 Å². The molecule has 2 aromatic carbocycles. The maximum absolute atomic E-state index is 12.6. The van der Waals surface area contributed by atoms with Crippen LogP contribution in [0.4, 0.5) is 0 Å². The Morgan fingerprint density at radius 2 is 1.82 bits per heavy atom. The van der Waals surface area contributed by atoms with Gasteiger partial charge in [0.15, 0.2) is 0 Å². The number of rotatable bonds is 8. The van der Waals surface area contributed by atoms with E-state index in [0.717, 1.165) is 21.6 Å². The third-order valence-corrected chi connectivity index (χ3v) is 8.08. The van der Waals surface area contributed by atoms with Crippen LogP contribution in [-0.4, -0.2) is 40.5 Å². The molecular formula is C18H16N2O5S3. The van der Waals surface area contributed by atoms with E-state index in [1.807, 2.05) is 12.1 Å². The molecular weight excluding hydrogens is 420 g/mol. The molecule has 3 rings (SSSR count). The summed E-state index contributed by atoms with van der Waals surface area (Å²) in [6, 6.07) is 15.3. The Morgan fingerprint density at radius 1 is 1.11 bits per heavy atom. The van der Waals surface area contributed by atoms with Gasteiger partial charge in [-0.25, -0.2) is 17.6 Å². The quantitative estimate of drug-likeness (QED) is 0.521. The van der Waals surface area contributed by atoms with Crippen LogP contribution in [0, 0.1) is 0 Å². The van der Waals surface area contributed by atoms with Crippen molar-refractivity contribution in [2.45, 2.75) is 16.0 Å². The standard InChI is InChI=1S/C18H16N2O5S3/c21-18(22)16(12-26-27(23)17-7-3-4-10-19-17)20-28(24,25)15-9-8-13-5-1-2-6-14(13)11-15/h1-11,16,20H,12H2,(H,21,22)/t16-,27?/m0/s1. The largest absolute Gasteiger partial charge is 0.480 e. The minimum atomic E-state index is -4.07. The van der Waals surface area contributed by atoms with Crippen LogP contribution in [0.25, 0.3) is 10.8 Å². The van der Waals surface area contributed by atoms with Crippen molar-refractivity contribution >= 4 is 47.4 Å². The van der Waals surface area contributed by atoms with Crippen LogP contribution in [0.5, 0.6) is 0 Å². The summed E-state index contributed by atoms with van der Waals surface area (Å²) in [4.78, 5) is 15.4. The molecule has 1 unspecified atom stereocenters. The van der Waals surface area contributed by atoms with Gasteiger partial charge in [0, 0.05) is 11.9 Å². The fourth-order valence-corrected chi connectivity index (χ4v) is 6.09. The Hall–Kier alpha value is -2.27. The molecule has 7 nitrogen and oxygen atoms in total. The van der Waals surface area contributed by atoms with Gasteiger partial charge in [0.05, 0.1) is 4.90 Å². The highest BCUT2D eigenvalue weighted by Crippen LogP contribution is 2.21. The van der Waals surface area contributed by atoms with E-state index in [1.54, 1.807) is 36.4 Å². The summed E-state index contributed by atoms with van der Waals surface area (Å²) in [5.74, 6) is -1.57. The maximum Gasteiger partial charge on any atom is 0.322 e. The highest BCUT2D eigenvalue weighted by Gasteiger charge is 2.26. The van der Waals surface area contributed by atoms with Gasteiger partial charge in [0.1, 0.15) is 20.9 Å². The second kappa shape index (κ2) is 8.82. The van der Waals surface area contributed by atoms with Crippen LogP contribution in [0.15, 0.2) is 76.8 Å². The molecule has 2 N–H and O–H groups in total. The Kier molecular flexibility index (Phi) is 6.45. The van der Waals surface area contributed by atoms with Crippen LogP contribution < -0.4 is 4.72 Å². The lowest BCUT2D eigenvalue weighted by molar-refractivity contribution is -0.138. The minimum Gasteiger partial charge on any atom is -0.480 e. The predicted octanol–water partition coefficient (Wildman–Crippen LogP) is 2.42. The molecule has 0 aliphatic rings. The number of pyridine rings is 1. The highest BCUT2D eigenvalue weighted by molar-refractivity contribution is 8.69. The molecule has 0 fully saturated rings. The molecule has 3 aromatic rings. The van der Waals surface area contributed by atoms with E-state index in [1.165, 1.54) is 18.3 Å². The van der Waals surface area contributed by atoms with Crippen LogP contribution >= 0.6 is 10.8 Å². The molecule has 2 atom stereocenters. The number of carboxylic acids is 1. The lowest BCUT2D eigenvalue weighted by Crippen LogP contribution is -2.42. The summed E-state index contributed by atoms with van der Waals surface area (Å²) >= 11 is 0. The number of carboxylic acid groups (broad SMARTS) is 1. The first kappa shape index (κ1) is 20.5. The Balaban J connectivity index is 1.75. The average molecular weight is 437 g/mol. The summed E-state index contributed by atoms with van der Waals surface area (Å²) in [6.07, 6.45) is 1.48. The molecule has 0 amide bonds. The third-order valence-electron chi connectivity index (χ3n) is 3.78. The third kappa shape index (κ3) is 4.96. The molecule has 0 radical (unpaired) electrons. The zero-order valence-electron chi connectivity index (χ0n) is 14.4. The van der Waals surface area contributed by atoms with Gasteiger partial charge in [-0.15, -0.1) is 0 Å². The molecule has 0 aliphatic carbocycles. The average Bonchev–Trinajstić information content (AvgIpc) is 2.71. The number of benzene rings is 2. The van der Waals surface area contributed by atoms with Crippen molar-refractivity contribution < 1.29 is 22.5 Å². The number of carbonyl (C=O) groups is 1. The summed E-state index contributed by atoms with van der Waals surface area (Å²) in [5.41, 5.74) is 0. The van der Waals surface area contributed by atoms with Crippen molar-refractivity contribution in [1.82, 2.24) is 9.71 Å². The first-order valence-corrected chi connectivity index (χ1v) is 12.2. The molecule has 28 heavy (non-hydrogen) atoms. The zero-order valence-corrected chi connectivity index (χ0v) is 16.8. The number of nitrogens with one attached hydrogen (secondary N) is 1. The van der Waals surface area contributed by atoms with E-state index < -0.39 is 31.9 Å². The molecule has 1 heterocycles. The first-order chi connectivity index (χ1) is 13.4. The fourth-order valence-electron chi connectivity index (χ4n) is 2.38. The molecule has 0 bridgehead atoms. The number of hydrogen-bond acceptors (Lipinski definition) is 6. The van der Waals surface area contributed by atoms with Gasteiger partial charge in [-0.1, -0.05) is 47.2 Å².